The fraction of sp³-hybridized carbons (Fsp3) is 0.286. The van der Waals surface area contributed by atoms with Gasteiger partial charge in [-0.05, 0) is 19.1 Å². The summed E-state index contributed by atoms with van der Waals surface area (Å²) in [6.07, 6.45) is 1.58. The molecular weight excluding hydrogens is 274 g/mol. The number of amides is 1. The maximum atomic E-state index is 11.8. The molecule has 0 aliphatic carbocycles. The van der Waals surface area contributed by atoms with Gasteiger partial charge in [-0.1, -0.05) is 29.5 Å². The highest BCUT2D eigenvalue weighted by Gasteiger charge is 2.09. The highest BCUT2D eigenvalue weighted by molar-refractivity contribution is 7.17. The van der Waals surface area contributed by atoms with E-state index in [4.69, 9.17) is 4.74 Å². The van der Waals surface area contributed by atoms with Crippen LogP contribution in [-0.2, 0) is 0 Å². The number of aromatic nitrogens is 1. The Morgan fingerprint density at radius 1 is 1.35 bits per heavy atom. The van der Waals surface area contributed by atoms with Crippen LogP contribution in [0.15, 0.2) is 36.5 Å². The standard InChI is InChI=1S/C14H17N3O2S/c1-2-15-14-17-10-12(20-14)13(18)16-8-9-19-11-6-4-3-5-7-11/h3-7,10H,2,8-9H2,1H3,(H,15,17)(H,16,18). The minimum Gasteiger partial charge on any atom is -0.492 e. The van der Waals surface area contributed by atoms with Crippen molar-refractivity contribution >= 4 is 22.4 Å². The maximum absolute atomic E-state index is 11.8. The first kappa shape index (κ1) is 14.3. The van der Waals surface area contributed by atoms with Gasteiger partial charge in [-0.15, -0.1) is 0 Å². The Morgan fingerprint density at radius 2 is 2.15 bits per heavy atom. The fourth-order valence-electron chi connectivity index (χ4n) is 1.55. The van der Waals surface area contributed by atoms with E-state index in [1.807, 2.05) is 37.3 Å². The third kappa shape index (κ3) is 4.24. The zero-order valence-corrected chi connectivity index (χ0v) is 12.1. The average molecular weight is 291 g/mol. The molecule has 2 rings (SSSR count). The highest BCUT2D eigenvalue weighted by atomic mass is 32.1. The van der Waals surface area contributed by atoms with Gasteiger partial charge in [-0.3, -0.25) is 4.79 Å². The topological polar surface area (TPSA) is 63.2 Å². The molecule has 2 N–H and O–H groups in total. The minimum atomic E-state index is -0.122. The number of carbonyl (C=O) groups is 1. The summed E-state index contributed by atoms with van der Waals surface area (Å²) in [6, 6.07) is 9.52. The number of nitrogens with one attached hydrogen (secondary N) is 2. The van der Waals surface area contributed by atoms with Crippen molar-refractivity contribution in [3.63, 3.8) is 0 Å². The molecule has 0 saturated carbocycles. The Bertz CT molecular complexity index is 542. The Balaban J connectivity index is 1.72. The van der Waals surface area contributed by atoms with Crippen LogP contribution in [0.25, 0.3) is 0 Å². The van der Waals surface area contributed by atoms with E-state index in [2.05, 4.69) is 15.6 Å². The molecule has 0 saturated heterocycles. The van der Waals surface area contributed by atoms with Crippen LogP contribution >= 0.6 is 11.3 Å². The predicted octanol–water partition coefficient (Wildman–Crippen LogP) is 2.38. The molecule has 2 aromatic rings. The van der Waals surface area contributed by atoms with Crippen molar-refractivity contribution < 1.29 is 9.53 Å². The first-order valence-electron chi connectivity index (χ1n) is 6.45. The summed E-state index contributed by atoms with van der Waals surface area (Å²) in [5.41, 5.74) is 0. The molecule has 1 amide bonds. The lowest BCUT2D eigenvalue weighted by atomic mass is 10.3. The van der Waals surface area contributed by atoms with E-state index in [1.165, 1.54) is 11.3 Å². The number of nitrogens with zero attached hydrogens (tertiary/aromatic N) is 1. The summed E-state index contributed by atoms with van der Waals surface area (Å²) in [5.74, 6) is 0.678. The van der Waals surface area contributed by atoms with Crippen LogP contribution in [-0.4, -0.2) is 30.6 Å². The van der Waals surface area contributed by atoms with Crippen molar-refractivity contribution in [2.24, 2.45) is 0 Å². The molecule has 6 heteroatoms. The van der Waals surface area contributed by atoms with Crippen LogP contribution in [0.2, 0.25) is 0 Å². The quantitative estimate of drug-likeness (QED) is 0.769. The molecule has 0 radical (unpaired) electrons. The van der Waals surface area contributed by atoms with Gasteiger partial charge in [-0.25, -0.2) is 4.98 Å². The minimum absolute atomic E-state index is 0.122. The number of thiazole rings is 1. The third-order valence-corrected chi connectivity index (χ3v) is 3.41. The third-order valence-electron chi connectivity index (χ3n) is 2.46. The molecule has 0 spiro atoms. The molecule has 0 atom stereocenters. The average Bonchev–Trinajstić information content (AvgIpc) is 2.94. The van der Waals surface area contributed by atoms with E-state index in [9.17, 15) is 4.79 Å². The zero-order chi connectivity index (χ0) is 14.2. The molecule has 0 bridgehead atoms. The molecule has 1 aromatic heterocycles. The number of hydrogen-bond acceptors (Lipinski definition) is 5. The van der Waals surface area contributed by atoms with Crippen molar-refractivity contribution in [2.75, 3.05) is 25.0 Å². The molecule has 0 unspecified atom stereocenters. The second-order valence-corrected chi connectivity index (χ2v) is 5.01. The number of anilines is 1. The summed E-state index contributed by atoms with van der Waals surface area (Å²) in [4.78, 5) is 16.6. The van der Waals surface area contributed by atoms with Crippen LogP contribution < -0.4 is 15.4 Å². The van der Waals surface area contributed by atoms with Gasteiger partial charge < -0.3 is 15.4 Å². The SMILES string of the molecule is CCNc1ncc(C(=O)NCCOc2ccccc2)s1. The van der Waals surface area contributed by atoms with Gasteiger partial charge in [0.1, 0.15) is 17.2 Å². The van der Waals surface area contributed by atoms with Crippen molar-refractivity contribution in [3.8, 4) is 5.75 Å². The van der Waals surface area contributed by atoms with Crippen LogP contribution in [0.4, 0.5) is 5.13 Å². The molecule has 0 aliphatic rings. The number of hydrogen-bond donors (Lipinski definition) is 2. The number of rotatable bonds is 7. The largest absolute Gasteiger partial charge is 0.492 e. The van der Waals surface area contributed by atoms with E-state index in [0.29, 0.717) is 18.0 Å². The van der Waals surface area contributed by atoms with E-state index >= 15 is 0 Å². The van der Waals surface area contributed by atoms with Crippen LogP contribution in [0.3, 0.4) is 0 Å². The molecule has 5 nitrogen and oxygen atoms in total. The lowest BCUT2D eigenvalue weighted by Gasteiger charge is -2.06. The molecule has 1 heterocycles. The van der Waals surface area contributed by atoms with Gasteiger partial charge in [0, 0.05) is 6.54 Å². The summed E-state index contributed by atoms with van der Waals surface area (Å²) >= 11 is 1.34. The van der Waals surface area contributed by atoms with Crippen molar-refractivity contribution in [2.45, 2.75) is 6.92 Å². The normalized spacial score (nSPS) is 10.1. The van der Waals surface area contributed by atoms with E-state index in [1.54, 1.807) is 6.20 Å². The summed E-state index contributed by atoms with van der Waals surface area (Å²) < 4.78 is 5.50. The summed E-state index contributed by atoms with van der Waals surface area (Å²) in [6.45, 7) is 3.68. The first-order chi connectivity index (χ1) is 9.79. The lowest BCUT2D eigenvalue weighted by Crippen LogP contribution is -2.27. The fourth-order valence-corrected chi connectivity index (χ4v) is 2.35. The predicted molar refractivity (Wildman–Crippen MR) is 80.5 cm³/mol. The van der Waals surface area contributed by atoms with E-state index < -0.39 is 0 Å². The second-order valence-electron chi connectivity index (χ2n) is 3.98. The van der Waals surface area contributed by atoms with Gasteiger partial charge in [0.05, 0.1) is 12.7 Å². The highest BCUT2D eigenvalue weighted by Crippen LogP contribution is 2.17. The van der Waals surface area contributed by atoms with Gasteiger partial charge in [0.15, 0.2) is 5.13 Å². The lowest BCUT2D eigenvalue weighted by molar-refractivity contribution is 0.0951. The van der Waals surface area contributed by atoms with Crippen molar-refractivity contribution in [1.82, 2.24) is 10.3 Å². The van der Waals surface area contributed by atoms with Crippen LogP contribution in [0, 0.1) is 0 Å². The summed E-state index contributed by atoms with van der Waals surface area (Å²) in [5, 5.41) is 6.64. The molecule has 20 heavy (non-hydrogen) atoms. The Kier molecular flexibility index (Phi) is 5.37. The van der Waals surface area contributed by atoms with Gasteiger partial charge in [-0.2, -0.15) is 0 Å². The zero-order valence-electron chi connectivity index (χ0n) is 11.3. The first-order valence-corrected chi connectivity index (χ1v) is 7.27. The number of ether oxygens (including phenoxy) is 1. The van der Waals surface area contributed by atoms with Gasteiger partial charge >= 0.3 is 0 Å². The van der Waals surface area contributed by atoms with E-state index in [-0.39, 0.29) is 5.91 Å². The Hall–Kier alpha value is -2.08. The number of carbonyl (C=O) groups excluding carboxylic acids is 1. The van der Waals surface area contributed by atoms with Crippen molar-refractivity contribution in [1.29, 1.82) is 0 Å². The Morgan fingerprint density at radius 3 is 2.90 bits per heavy atom. The monoisotopic (exact) mass is 291 g/mol. The smallest absolute Gasteiger partial charge is 0.263 e. The Labute approximate surface area is 122 Å². The van der Waals surface area contributed by atoms with Gasteiger partial charge in [0.2, 0.25) is 0 Å². The summed E-state index contributed by atoms with van der Waals surface area (Å²) in [7, 11) is 0. The van der Waals surface area contributed by atoms with E-state index in [0.717, 1.165) is 17.4 Å². The number of para-hydroxylation sites is 1. The van der Waals surface area contributed by atoms with Crippen LogP contribution in [0.1, 0.15) is 16.6 Å². The van der Waals surface area contributed by atoms with Crippen LogP contribution in [0.5, 0.6) is 5.75 Å². The maximum Gasteiger partial charge on any atom is 0.263 e. The molecular formula is C14H17N3O2S. The molecule has 1 aromatic carbocycles. The van der Waals surface area contributed by atoms with Gasteiger partial charge in [0.25, 0.3) is 5.91 Å². The molecule has 0 fully saturated rings. The number of benzene rings is 1. The molecule has 106 valence electrons. The second kappa shape index (κ2) is 7.49. The van der Waals surface area contributed by atoms with Crippen molar-refractivity contribution in [3.05, 3.63) is 41.4 Å². The molecule has 0 aliphatic heterocycles.